The van der Waals surface area contributed by atoms with Crippen molar-refractivity contribution in [2.24, 2.45) is 5.92 Å². The molecule has 1 aromatic rings. The first-order valence-corrected chi connectivity index (χ1v) is 7.61. The molecule has 21 heavy (non-hydrogen) atoms. The summed E-state index contributed by atoms with van der Waals surface area (Å²) in [6, 6.07) is 4.46. The Hall–Kier alpha value is -2.18. The quantitative estimate of drug-likeness (QED) is 0.621. The van der Waals surface area contributed by atoms with E-state index in [4.69, 9.17) is 10.00 Å². The Morgan fingerprint density at radius 1 is 1.52 bits per heavy atom. The molecule has 0 aliphatic heterocycles. The van der Waals surface area contributed by atoms with E-state index >= 15 is 0 Å². The molecule has 1 aromatic carbocycles. The third-order valence-corrected chi connectivity index (χ3v) is 4.66. The van der Waals surface area contributed by atoms with Crippen molar-refractivity contribution in [3.63, 3.8) is 0 Å². The first kappa shape index (κ1) is 15.2. The van der Waals surface area contributed by atoms with Crippen LogP contribution in [0.1, 0.15) is 12.8 Å². The molecule has 1 fully saturated rings. The second-order valence-electron chi connectivity index (χ2n) is 4.66. The van der Waals surface area contributed by atoms with Gasteiger partial charge in [-0.3, -0.25) is 10.1 Å². The molecule has 112 valence electrons. The van der Waals surface area contributed by atoms with E-state index in [1.54, 1.807) is 0 Å². The van der Waals surface area contributed by atoms with Crippen LogP contribution in [-0.2, 0) is 10.0 Å². The Morgan fingerprint density at radius 3 is 2.67 bits per heavy atom. The molecule has 1 N–H and O–H groups in total. The second kappa shape index (κ2) is 5.67. The highest BCUT2D eigenvalue weighted by molar-refractivity contribution is 7.89. The summed E-state index contributed by atoms with van der Waals surface area (Å²) in [5.74, 6) is 0.154. The van der Waals surface area contributed by atoms with Crippen LogP contribution in [-0.4, -0.2) is 26.5 Å². The molecule has 0 aromatic heterocycles. The van der Waals surface area contributed by atoms with E-state index in [0.717, 1.165) is 25.0 Å². The number of hydrogen-bond donors (Lipinski definition) is 1. The summed E-state index contributed by atoms with van der Waals surface area (Å²) in [6.07, 6.45) is 1.54. The molecule has 0 radical (unpaired) electrons. The molecule has 2 rings (SSSR count). The highest BCUT2D eigenvalue weighted by Gasteiger charge is 2.36. The van der Waals surface area contributed by atoms with Crippen LogP contribution in [0.3, 0.4) is 0 Å². The van der Waals surface area contributed by atoms with Crippen LogP contribution in [0.2, 0.25) is 0 Å². The number of nitrogens with one attached hydrogen (secondary N) is 1. The van der Waals surface area contributed by atoms with Gasteiger partial charge in [-0.05, 0) is 30.9 Å². The number of nitro groups is 1. The fourth-order valence-corrected chi connectivity index (χ4v) is 3.24. The van der Waals surface area contributed by atoms with Gasteiger partial charge in [-0.1, -0.05) is 0 Å². The van der Waals surface area contributed by atoms with Crippen molar-refractivity contribution in [1.82, 2.24) is 4.72 Å². The molecule has 1 unspecified atom stereocenters. The molecule has 1 aliphatic rings. The largest absolute Gasteiger partial charge is 0.497 e. The van der Waals surface area contributed by atoms with Gasteiger partial charge in [0.1, 0.15) is 11.8 Å². The SMILES string of the molecule is COc1ccc(S(=O)(=O)NC(C#N)C2CC2)c([N+](=O)[O-])c1. The van der Waals surface area contributed by atoms with Gasteiger partial charge in [-0.25, -0.2) is 8.42 Å². The minimum Gasteiger partial charge on any atom is -0.497 e. The molecule has 8 nitrogen and oxygen atoms in total. The molecule has 0 bridgehead atoms. The highest BCUT2D eigenvalue weighted by Crippen LogP contribution is 2.34. The van der Waals surface area contributed by atoms with Crippen molar-refractivity contribution in [2.45, 2.75) is 23.8 Å². The first-order chi connectivity index (χ1) is 9.89. The molecular weight excluding hydrogens is 298 g/mol. The van der Waals surface area contributed by atoms with Gasteiger partial charge in [-0.2, -0.15) is 9.98 Å². The monoisotopic (exact) mass is 311 g/mol. The summed E-state index contributed by atoms with van der Waals surface area (Å²) >= 11 is 0. The van der Waals surface area contributed by atoms with Crippen molar-refractivity contribution in [1.29, 1.82) is 5.26 Å². The Bertz CT molecular complexity index is 706. The molecule has 0 saturated heterocycles. The third kappa shape index (κ3) is 3.29. The van der Waals surface area contributed by atoms with Crippen LogP contribution in [0.25, 0.3) is 0 Å². The number of methoxy groups -OCH3 is 1. The van der Waals surface area contributed by atoms with Gasteiger partial charge in [0.25, 0.3) is 5.69 Å². The van der Waals surface area contributed by atoms with Crippen LogP contribution >= 0.6 is 0 Å². The van der Waals surface area contributed by atoms with E-state index in [9.17, 15) is 18.5 Å². The topological polar surface area (TPSA) is 122 Å². The van der Waals surface area contributed by atoms with Gasteiger partial charge in [0, 0.05) is 0 Å². The maximum Gasteiger partial charge on any atom is 0.293 e. The molecule has 0 heterocycles. The number of nitrogens with zero attached hydrogens (tertiary/aromatic N) is 2. The number of nitriles is 1. The maximum absolute atomic E-state index is 12.3. The normalized spacial score (nSPS) is 16.0. The molecule has 1 atom stereocenters. The average molecular weight is 311 g/mol. The molecule has 0 spiro atoms. The molecular formula is C12H13N3O5S. The lowest BCUT2D eigenvalue weighted by atomic mass is 10.2. The van der Waals surface area contributed by atoms with Crippen LogP contribution in [0.15, 0.2) is 23.1 Å². The molecule has 9 heteroatoms. The van der Waals surface area contributed by atoms with E-state index in [0.29, 0.717) is 0 Å². The number of sulfonamides is 1. The second-order valence-corrected chi connectivity index (χ2v) is 6.34. The Balaban J connectivity index is 2.39. The third-order valence-electron chi connectivity index (χ3n) is 3.17. The van der Waals surface area contributed by atoms with Gasteiger partial charge in [0.15, 0.2) is 4.90 Å². The first-order valence-electron chi connectivity index (χ1n) is 6.13. The lowest BCUT2D eigenvalue weighted by molar-refractivity contribution is -0.387. The molecule has 1 aliphatic carbocycles. The summed E-state index contributed by atoms with van der Waals surface area (Å²) in [4.78, 5) is 9.76. The van der Waals surface area contributed by atoms with E-state index in [-0.39, 0.29) is 11.7 Å². The standard InChI is InChI=1S/C12H13N3O5S/c1-20-9-4-5-12(11(6-9)15(16)17)21(18,19)14-10(7-13)8-2-3-8/h4-6,8,10,14H,2-3H2,1H3. The summed E-state index contributed by atoms with van der Waals surface area (Å²) < 4.78 is 31.6. The smallest absolute Gasteiger partial charge is 0.293 e. The van der Waals surface area contributed by atoms with Gasteiger partial charge >= 0.3 is 0 Å². The summed E-state index contributed by atoms with van der Waals surface area (Å²) in [5.41, 5.74) is -0.589. The fourth-order valence-electron chi connectivity index (χ4n) is 1.88. The minimum absolute atomic E-state index is 0.0259. The van der Waals surface area contributed by atoms with Crippen molar-refractivity contribution in [3.8, 4) is 11.8 Å². The van der Waals surface area contributed by atoms with Gasteiger partial charge in [0.2, 0.25) is 10.0 Å². The fraction of sp³-hybridized carbons (Fsp3) is 0.417. The van der Waals surface area contributed by atoms with Crippen LogP contribution in [0, 0.1) is 27.4 Å². The zero-order chi connectivity index (χ0) is 15.6. The highest BCUT2D eigenvalue weighted by atomic mass is 32.2. The Morgan fingerprint density at radius 2 is 2.19 bits per heavy atom. The van der Waals surface area contributed by atoms with Crippen LogP contribution < -0.4 is 9.46 Å². The predicted molar refractivity (Wildman–Crippen MR) is 72.1 cm³/mol. The minimum atomic E-state index is -4.15. The van der Waals surface area contributed by atoms with E-state index in [2.05, 4.69) is 4.72 Å². The van der Waals surface area contributed by atoms with Crippen molar-refractivity contribution in [2.75, 3.05) is 7.11 Å². The lowest BCUT2D eigenvalue weighted by Gasteiger charge is -2.11. The maximum atomic E-state index is 12.3. The number of hydrogen-bond acceptors (Lipinski definition) is 6. The zero-order valence-electron chi connectivity index (χ0n) is 11.1. The molecule has 1 saturated carbocycles. The van der Waals surface area contributed by atoms with E-state index in [1.165, 1.54) is 13.2 Å². The zero-order valence-corrected chi connectivity index (χ0v) is 12.0. The van der Waals surface area contributed by atoms with Gasteiger partial charge in [-0.15, -0.1) is 0 Å². The Kier molecular flexibility index (Phi) is 4.11. The summed E-state index contributed by atoms with van der Waals surface area (Å²) in [6.45, 7) is 0. The number of benzene rings is 1. The number of rotatable bonds is 6. The molecule has 0 amide bonds. The number of ether oxygens (including phenoxy) is 1. The predicted octanol–water partition coefficient (Wildman–Crippen LogP) is 1.18. The number of nitro benzene ring substituents is 1. The lowest BCUT2D eigenvalue weighted by Crippen LogP contribution is -2.35. The van der Waals surface area contributed by atoms with Crippen molar-refractivity contribution >= 4 is 15.7 Å². The van der Waals surface area contributed by atoms with Gasteiger partial charge in [0.05, 0.1) is 24.2 Å². The van der Waals surface area contributed by atoms with Crippen LogP contribution in [0.5, 0.6) is 5.75 Å². The van der Waals surface area contributed by atoms with Crippen LogP contribution in [0.4, 0.5) is 5.69 Å². The van der Waals surface area contributed by atoms with Crippen molar-refractivity contribution in [3.05, 3.63) is 28.3 Å². The summed E-state index contributed by atoms with van der Waals surface area (Å²) in [7, 11) is -2.82. The van der Waals surface area contributed by atoms with E-state index in [1.807, 2.05) is 6.07 Å². The Labute approximate surface area is 121 Å². The van der Waals surface area contributed by atoms with E-state index < -0.39 is 31.6 Å². The van der Waals surface area contributed by atoms with Gasteiger partial charge < -0.3 is 4.74 Å². The van der Waals surface area contributed by atoms with Crippen molar-refractivity contribution < 1.29 is 18.1 Å². The summed E-state index contributed by atoms with van der Waals surface area (Å²) in [5, 5.41) is 20.0. The average Bonchev–Trinajstić information content (AvgIpc) is 3.28.